The lowest BCUT2D eigenvalue weighted by atomic mass is 10.0. The van der Waals surface area contributed by atoms with Crippen LogP contribution in [-0.4, -0.2) is 46.8 Å². The van der Waals surface area contributed by atoms with E-state index in [1.165, 1.54) is 7.05 Å². The Morgan fingerprint density at radius 3 is 2.65 bits per heavy atom. The molecule has 1 fully saturated rings. The lowest BCUT2D eigenvalue weighted by molar-refractivity contribution is -0.149. The number of piperidine rings is 1. The van der Waals surface area contributed by atoms with Crippen LogP contribution in [0.4, 0.5) is 0 Å². The van der Waals surface area contributed by atoms with Crippen molar-refractivity contribution in [3.05, 3.63) is 12.2 Å². The van der Waals surface area contributed by atoms with E-state index in [-0.39, 0.29) is 18.7 Å². The van der Waals surface area contributed by atoms with Crippen LogP contribution in [0.25, 0.3) is 0 Å². The first-order chi connectivity index (χ1) is 7.91. The van der Waals surface area contributed by atoms with Gasteiger partial charge in [0.05, 0.1) is 0 Å². The smallest absolute Gasteiger partial charge is 0.328 e. The highest BCUT2D eigenvalue weighted by molar-refractivity contribution is 6.03. The highest BCUT2D eigenvalue weighted by Crippen LogP contribution is 2.11. The van der Waals surface area contributed by atoms with Gasteiger partial charge < -0.3 is 10.4 Å². The normalized spacial score (nSPS) is 20.8. The summed E-state index contributed by atoms with van der Waals surface area (Å²) in [4.78, 5) is 45.1. The Balaban J connectivity index is 2.58. The van der Waals surface area contributed by atoms with Crippen molar-refractivity contribution in [2.45, 2.75) is 18.9 Å². The minimum atomic E-state index is -1.25. The number of amides is 3. The van der Waals surface area contributed by atoms with Crippen LogP contribution in [-0.2, 0) is 19.2 Å². The molecule has 0 aromatic rings. The third kappa shape index (κ3) is 3.40. The topological polar surface area (TPSA) is 104 Å². The monoisotopic (exact) mass is 240 g/mol. The van der Waals surface area contributed by atoms with Crippen LogP contribution in [0.3, 0.4) is 0 Å². The highest BCUT2D eigenvalue weighted by Gasteiger charge is 2.32. The Bertz CT molecular complexity index is 402. The molecule has 7 heteroatoms. The van der Waals surface area contributed by atoms with E-state index in [4.69, 9.17) is 5.11 Å². The van der Waals surface area contributed by atoms with E-state index in [0.29, 0.717) is 6.08 Å². The fourth-order valence-electron chi connectivity index (χ4n) is 1.42. The summed E-state index contributed by atoms with van der Waals surface area (Å²) < 4.78 is 0. The minimum Gasteiger partial charge on any atom is -0.478 e. The fourth-order valence-corrected chi connectivity index (χ4v) is 1.42. The lowest BCUT2D eigenvalue weighted by Gasteiger charge is -2.27. The van der Waals surface area contributed by atoms with Crippen molar-refractivity contribution in [3.63, 3.8) is 0 Å². The number of carbonyl (C=O) groups excluding carboxylic acids is 3. The van der Waals surface area contributed by atoms with Gasteiger partial charge in [-0.2, -0.15) is 0 Å². The Hall–Kier alpha value is -2.18. The van der Waals surface area contributed by atoms with Crippen LogP contribution in [0.15, 0.2) is 12.2 Å². The van der Waals surface area contributed by atoms with Crippen LogP contribution in [0, 0.1) is 0 Å². The lowest BCUT2D eigenvalue weighted by Crippen LogP contribution is -2.52. The molecule has 0 bridgehead atoms. The molecular weight excluding hydrogens is 228 g/mol. The fraction of sp³-hybridized carbons (Fsp3) is 0.400. The summed E-state index contributed by atoms with van der Waals surface area (Å²) in [5.41, 5.74) is 0. The van der Waals surface area contributed by atoms with Crippen molar-refractivity contribution in [1.29, 1.82) is 0 Å². The average molecular weight is 240 g/mol. The Kier molecular flexibility index (Phi) is 3.97. The number of nitrogens with one attached hydrogen (secondary N) is 1. The molecule has 1 saturated heterocycles. The number of hydrogen-bond acceptors (Lipinski definition) is 4. The SMILES string of the molecule is CN1C(=O)CCC(NC(=O)C=CC(=O)O)C1=O. The molecule has 1 heterocycles. The van der Waals surface area contributed by atoms with E-state index in [2.05, 4.69) is 5.32 Å². The van der Waals surface area contributed by atoms with Gasteiger partial charge in [-0.05, 0) is 6.42 Å². The number of nitrogens with zero attached hydrogens (tertiary/aromatic N) is 1. The predicted molar refractivity (Wildman–Crippen MR) is 55.7 cm³/mol. The van der Waals surface area contributed by atoms with Gasteiger partial charge in [0.25, 0.3) is 5.91 Å². The first kappa shape index (κ1) is 12.9. The van der Waals surface area contributed by atoms with Crippen molar-refractivity contribution < 1.29 is 24.3 Å². The molecule has 0 radical (unpaired) electrons. The molecule has 2 N–H and O–H groups in total. The molecule has 0 aromatic carbocycles. The number of carboxylic acid groups (broad SMARTS) is 1. The quantitative estimate of drug-likeness (QED) is 0.481. The second kappa shape index (κ2) is 5.24. The third-order valence-electron chi connectivity index (χ3n) is 2.34. The maximum Gasteiger partial charge on any atom is 0.328 e. The van der Waals surface area contributed by atoms with Crippen LogP contribution in [0.1, 0.15) is 12.8 Å². The van der Waals surface area contributed by atoms with Gasteiger partial charge >= 0.3 is 5.97 Å². The van der Waals surface area contributed by atoms with E-state index >= 15 is 0 Å². The molecule has 1 aliphatic heterocycles. The van der Waals surface area contributed by atoms with E-state index in [9.17, 15) is 19.2 Å². The molecule has 1 rings (SSSR count). The summed E-state index contributed by atoms with van der Waals surface area (Å²) >= 11 is 0. The van der Waals surface area contributed by atoms with Crippen molar-refractivity contribution in [1.82, 2.24) is 10.2 Å². The molecule has 92 valence electrons. The van der Waals surface area contributed by atoms with Gasteiger partial charge in [-0.1, -0.05) is 0 Å². The second-order valence-corrected chi connectivity index (χ2v) is 3.56. The number of aliphatic carboxylic acids is 1. The third-order valence-corrected chi connectivity index (χ3v) is 2.34. The van der Waals surface area contributed by atoms with Crippen LogP contribution in [0.5, 0.6) is 0 Å². The van der Waals surface area contributed by atoms with Crippen LogP contribution >= 0.6 is 0 Å². The zero-order chi connectivity index (χ0) is 13.0. The maximum atomic E-state index is 11.6. The number of carboxylic acids is 1. The summed E-state index contributed by atoms with van der Waals surface area (Å²) in [6.07, 6.45) is 1.91. The highest BCUT2D eigenvalue weighted by atomic mass is 16.4. The minimum absolute atomic E-state index is 0.176. The van der Waals surface area contributed by atoms with Crippen LogP contribution < -0.4 is 5.32 Å². The van der Waals surface area contributed by atoms with Gasteiger partial charge in [0.15, 0.2) is 0 Å². The first-order valence-electron chi connectivity index (χ1n) is 4.93. The largest absolute Gasteiger partial charge is 0.478 e. The van der Waals surface area contributed by atoms with Gasteiger partial charge in [-0.25, -0.2) is 4.79 Å². The van der Waals surface area contributed by atoms with E-state index in [1.54, 1.807) is 0 Å². The summed E-state index contributed by atoms with van der Waals surface area (Å²) in [7, 11) is 1.34. The number of hydrogen-bond donors (Lipinski definition) is 2. The van der Waals surface area contributed by atoms with Gasteiger partial charge in [0.1, 0.15) is 6.04 Å². The molecule has 1 aliphatic rings. The van der Waals surface area contributed by atoms with Gasteiger partial charge in [-0.15, -0.1) is 0 Å². The van der Waals surface area contributed by atoms with Gasteiger partial charge in [0, 0.05) is 25.6 Å². The summed E-state index contributed by atoms with van der Waals surface area (Å²) in [5.74, 6) is -2.70. The maximum absolute atomic E-state index is 11.6. The van der Waals surface area contributed by atoms with E-state index < -0.39 is 23.8 Å². The summed E-state index contributed by atoms with van der Waals surface area (Å²) in [6, 6.07) is -0.774. The molecule has 1 atom stereocenters. The average Bonchev–Trinajstić information content (AvgIpc) is 2.27. The molecule has 17 heavy (non-hydrogen) atoms. The predicted octanol–water partition coefficient (Wildman–Crippen LogP) is -1.11. The number of likely N-dealkylation sites (N-methyl/N-ethyl adjacent to an activating group) is 1. The van der Waals surface area contributed by atoms with Crippen molar-refractivity contribution in [2.75, 3.05) is 7.05 Å². The summed E-state index contributed by atoms with van der Waals surface area (Å²) in [6.45, 7) is 0. The molecular formula is C10H12N2O5. The zero-order valence-electron chi connectivity index (χ0n) is 9.17. The van der Waals surface area contributed by atoms with Crippen molar-refractivity contribution >= 4 is 23.7 Å². The number of likely N-dealkylation sites (tertiary alicyclic amines) is 1. The Labute approximate surface area is 97.1 Å². The molecule has 7 nitrogen and oxygen atoms in total. The van der Waals surface area contributed by atoms with E-state index in [0.717, 1.165) is 11.0 Å². The van der Waals surface area contributed by atoms with Gasteiger partial charge in [-0.3, -0.25) is 19.3 Å². The molecule has 0 spiro atoms. The number of imide groups is 1. The Morgan fingerprint density at radius 2 is 2.06 bits per heavy atom. The number of rotatable bonds is 3. The van der Waals surface area contributed by atoms with Crippen LogP contribution in [0.2, 0.25) is 0 Å². The van der Waals surface area contributed by atoms with E-state index in [1.807, 2.05) is 0 Å². The molecule has 1 unspecified atom stereocenters. The van der Waals surface area contributed by atoms with Crippen molar-refractivity contribution in [3.8, 4) is 0 Å². The second-order valence-electron chi connectivity index (χ2n) is 3.56. The zero-order valence-corrected chi connectivity index (χ0v) is 9.17. The van der Waals surface area contributed by atoms with Crippen molar-refractivity contribution in [2.24, 2.45) is 0 Å². The first-order valence-corrected chi connectivity index (χ1v) is 4.93. The summed E-state index contributed by atoms with van der Waals surface area (Å²) in [5, 5.41) is 10.7. The molecule has 3 amide bonds. The standard InChI is InChI=1S/C10H12N2O5/c1-12-8(14)4-2-6(10(12)17)11-7(13)3-5-9(15)16/h3,5-6H,2,4H2,1H3,(H,11,13)(H,15,16). The Morgan fingerprint density at radius 1 is 1.41 bits per heavy atom. The number of carbonyl (C=O) groups is 4. The van der Waals surface area contributed by atoms with Gasteiger partial charge in [0.2, 0.25) is 11.8 Å². The molecule has 0 aromatic heterocycles. The molecule has 0 saturated carbocycles. The molecule has 0 aliphatic carbocycles.